The van der Waals surface area contributed by atoms with E-state index in [4.69, 9.17) is 0 Å². The Bertz CT molecular complexity index is 192. The SMILES string of the molecule is O=C1NC=CC12CCCN2. The van der Waals surface area contributed by atoms with Gasteiger partial charge in [0.05, 0.1) is 0 Å². The Labute approximate surface area is 59.5 Å². The van der Waals surface area contributed by atoms with Crippen molar-refractivity contribution < 1.29 is 4.79 Å². The monoisotopic (exact) mass is 138 g/mol. The van der Waals surface area contributed by atoms with Gasteiger partial charge in [0.2, 0.25) is 5.91 Å². The van der Waals surface area contributed by atoms with Crippen molar-refractivity contribution >= 4 is 5.91 Å². The zero-order valence-electron chi connectivity index (χ0n) is 5.68. The van der Waals surface area contributed by atoms with Gasteiger partial charge in [-0.25, -0.2) is 0 Å². The lowest BCUT2D eigenvalue weighted by atomic mass is 9.99. The summed E-state index contributed by atoms with van der Waals surface area (Å²) in [4.78, 5) is 11.2. The molecule has 1 saturated heterocycles. The van der Waals surface area contributed by atoms with E-state index in [0.717, 1.165) is 19.4 Å². The van der Waals surface area contributed by atoms with Crippen molar-refractivity contribution in [3.05, 3.63) is 12.3 Å². The van der Waals surface area contributed by atoms with Crippen LogP contribution in [0.15, 0.2) is 12.3 Å². The molecular formula is C7H10N2O. The van der Waals surface area contributed by atoms with Gasteiger partial charge in [0.1, 0.15) is 5.54 Å². The molecule has 1 amide bonds. The molecule has 0 aliphatic carbocycles. The predicted molar refractivity (Wildman–Crippen MR) is 37.3 cm³/mol. The van der Waals surface area contributed by atoms with Crippen LogP contribution in [-0.2, 0) is 4.79 Å². The van der Waals surface area contributed by atoms with Gasteiger partial charge in [-0.3, -0.25) is 4.79 Å². The largest absolute Gasteiger partial charge is 0.331 e. The van der Waals surface area contributed by atoms with E-state index in [9.17, 15) is 4.79 Å². The Hall–Kier alpha value is -0.830. The zero-order chi connectivity index (χ0) is 7.03. The standard InChI is InChI=1S/C7H10N2O/c10-6-7(3-5-8-6)2-1-4-9-7/h3,5,9H,1-2,4H2,(H,8,10). The van der Waals surface area contributed by atoms with Gasteiger partial charge in [0, 0.05) is 6.20 Å². The molecule has 3 heteroatoms. The third-order valence-electron chi connectivity index (χ3n) is 2.18. The normalized spacial score (nSPS) is 37.4. The maximum atomic E-state index is 11.2. The molecule has 0 aromatic rings. The van der Waals surface area contributed by atoms with Crippen molar-refractivity contribution in [2.75, 3.05) is 6.54 Å². The molecular weight excluding hydrogens is 128 g/mol. The molecule has 2 rings (SSSR count). The van der Waals surface area contributed by atoms with E-state index in [1.54, 1.807) is 6.20 Å². The highest BCUT2D eigenvalue weighted by Crippen LogP contribution is 2.23. The number of amides is 1. The second kappa shape index (κ2) is 1.83. The molecule has 10 heavy (non-hydrogen) atoms. The Morgan fingerprint density at radius 1 is 1.60 bits per heavy atom. The average molecular weight is 138 g/mol. The summed E-state index contributed by atoms with van der Waals surface area (Å²) in [6.45, 7) is 0.956. The number of hydrogen-bond acceptors (Lipinski definition) is 2. The summed E-state index contributed by atoms with van der Waals surface area (Å²) in [5.41, 5.74) is -0.333. The highest BCUT2D eigenvalue weighted by atomic mass is 16.2. The minimum atomic E-state index is -0.333. The van der Waals surface area contributed by atoms with Crippen LogP contribution >= 0.6 is 0 Å². The molecule has 1 fully saturated rings. The van der Waals surface area contributed by atoms with Crippen LogP contribution in [0.4, 0.5) is 0 Å². The van der Waals surface area contributed by atoms with Crippen molar-refractivity contribution in [1.29, 1.82) is 0 Å². The molecule has 54 valence electrons. The first-order valence-electron chi connectivity index (χ1n) is 3.57. The Morgan fingerprint density at radius 3 is 3.00 bits per heavy atom. The Morgan fingerprint density at radius 2 is 2.50 bits per heavy atom. The molecule has 1 unspecified atom stereocenters. The molecule has 2 aliphatic rings. The van der Waals surface area contributed by atoms with Crippen molar-refractivity contribution in [1.82, 2.24) is 10.6 Å². The second-order valence-corrected chi connectivity index (χ2v) is 2.81. The van der Waals surface area contributed by atoms with Gasteiger partial charge in [0.15, 0.2) is 0 Å². The topological polar surface area (TPSA) is 41.1 Å². The van der Waals surface area contributed by atoms with Crippen LogP contribution in [0.2, 0.25) is 0 Å². The minimum Gasteiger partial charge on any atom is -0.331 e. The number of hydrogen-bond donors (Lipinski definition) is 2. The molecule has 0 saturated carbocycles. The summed E-state index contributed by atoms with van der Waals surface area (Å²) in [6.07, 6.45) is 5.68. The Balaban J connectivity index is 2.27. The average Bonchev–Trinajstić information content (AvgIpc) is 2.48. The fraction of sp³-hybridized carbons (Fsp3) is 0.571. The van der Waals surface area contributed by atoms with Crippen molar-refractivity contribution in [2.45, 2.75) is 18.4 Å². The summed E-state index contributed by atoms with van der Waals surface area (Å²) < 4.78 is 0. The van der Waals surface area contributed by atoms with Gasteiger partial charge in [0.25, 0.3) is 0 Å². The summed E-state index contributed by atoms with van der Waals surface area (Å²) >= 11 is 0. The molecule has 0 bridgehead atoms. The molecule has 0 radical (unpaired) electrons. The maximum absolute atomic E-state index is 11.2. The van der Waals surface area contributed by atoms with Gasteiger partial charge in [-0.15, -0.1) is 0 Å². The van der Waals surface area contributed by atoms with E-state index in [2.05, 4.69) is 10.6 Å². The van der Waals surface area contributed by atoms with E-state index >= 15 is 0 Å². The molecule has 0 aromatic carbocycles. The van der Waals surface area contributed by atoms with Crippen molar-refractivity contribution in [3.63, 3.8) is 0 Å². The number of nitrogens with one attached hydrogen (secondary N) is 2. The lowest BCUT2D eigenvalue weighted by Gasteiger charge is -2.17. The third-order valence-corrected chi connectivity index (χ3v) is 2.18. The molecule has 2 aliphatic heterocycles. The predicted octanol–water partition coefficient (Wildman–Crippen LogP) is -0.248. The van der Waals surface area contributed by atoms with Crippen LogP contribution in [0, 0.1) is 0 Å². The van der Waals surface area contributed by atoms with E-state index in [1.807, 2.05) is 6.08 Å². The highest BCUT2D eigenvalue weighted by Gasteiger charge is 2.40. The second-order valence-electron chi connectivity index (χ2n) is 2.81. The van der Waals surface area contributed by atoms with Gasteiger partial charge in [-0.2, -0.15) is 0 Å². The number of carbonyl (C=O) groups is 1. The van der Waals surface area contributed by atoms with Crippen LogP contribution in [0.3, 0.4) is 0 Å². The van der Waals surface area contributed by atoms with E-state index < -0.39 is 0 Å². The maximum Gasteiger partial charge on any atom is 0.248 e. The summed E-state index contributed by atoms with van der Waals surface area (Å²) in [6, 6.07) is 0. The van der Waals surface area contributed by atoms with Crippen LogP contribution in [0.5, 0.6) is 0 Å². The van der Waals surface area contributed by atoms with Crippen molar-refractivity contribution in [3.8, 4) is 0 Å². The Kier molecular flexibility index (Phi) is 1.08. The van der Waals surface area contributed by atoms with Crippen LogP contribution in [-0.4, -0.2) is 18.0 Å². The summed E-state index contributed by atoms with van der Waals surface area (Å²) in [5, 5.41) is 5.85. The first-order valence-corrected chi connectivity index (χ1v) is 3.57. The fourth-order valence-electron chi connectivity index (χ4n) is 1.57. The van der Waals surface area contributed by atoms with Crippen molar-refractivity contribution in [2.24, 2.45) is 0 Å². The molecule has 1 spiro atoms. The van der Waals surface area contributed by atoms with Crippen LogP contribution in [0.25, 0.3) is 0 Å². The van der Waals surface area contributed by atoms with Gasteiger partial charge in [-0.05, 0) is 25.5 Å². The first kappa shape index (κ1) is 5.92. The van der Waals surface area contributed by atoms with Gasteiger partial charge < -0.3 is 10.6 Å². The highest BCUT2D eigenvalue weighted by molar-refractivity contribution is 5.92. The molecule has 0 aromatic heterocycles. The summed E-state index contributed by atoms with van der Waals surface area (Å²) in [7, 11) is 0. The molecule has 2 heterocycles. The van der Waals surface area contributed by atoms with E-state index in [1.165, 1.54) is 0 Å². The molecule has 3 nitrogen and oxygen atoms in total. The summed E-state index contributed by atoms with van der Waals surface area (Å²) in [5.74, 6) is 0.102. The smallest absolute Gasteiger partial charge is 0.248 e. The molecule has 2 N–H and O–H groups in total. The fourth-order valence-corrected chi connectivity index (χ4v) is 1.57. The third kappa shape index (κ3) is 0.609. The number of rotatable bonds is 0. The van der Waals surface area contributed by atoms with Gasteiger partial charge >= 0.3 is 0 Å². The first-order chi connectivity index (χ1) is 4.83. The lowest BCUT2D eigenvalue weighted by molar-refractivity contribution is -0.123. The number of carbonyl (C=O) groups excluding carboxylic acids is 1. The van der Waals surface area contributed by atoms with E-state index in [0.29, 0.717) is 0 Å². The van der Waals surface area contributed by atoms with Crippen LogP contribution in [0.1, 0.15) is 12.8 Å². The van der Waals surface area contributed by atoms with Gasteiger partial charge in [-0.1, -0.05) is 0 Å². The quantitative estimate of drug-likeness (QED) is 0.484. The minimum absolute atomic E-state index is 0.102. The molecule has 1 atom stereocenters. The van der Waals surface area contributed by atoms with Crippen LogP contribution < -0.4 is 10.6 Å². The lowest BCUT2D eigenvalue weighted by Crippen LogP contribution is -2.46. The zero-order valence-corrected chi connectivity index (χ0v) is 5.68. The van der Waals surface area contributed by atoms with E-state index in [-0.39, 0.29) is 11.4 Å².